The van der Waals surface area contributed by atoms with E-state index in [1.807, 2.05) is 4.90 Å². The van der Waals surface area contributed by atoms with Gasteiger partial charge in [0, 0.05) is 39.8 Å². The zero-order chi connectivity index (χ0) is 19.4. The fourth-order valence-electron chi connectivity index (χ4n) is 4.09. The highest BCUT2D eigenvalue weighted by Gasteiger charge is 2.27. The minimum Gasteiger partial charge on any atom is -0.357 e. The predicted molar refractivity (Wildman–Crippen MR) is 105 cm³/mol. The van der Waals surface area contributed by atoms with Gasteiger partial charge >= 0.3 is 5.69 Å². The number of aromatic nitrogens is 2. The first-order valence-corrected chi connectivity index (χ1v) is 9.99. The molecule has 1 amide bonds. The Bertz CT molecular complexity index is 779. The largest absolute Gasteiger partial charge is 0.357 e. The van der Waals surface area contributed by atoms with Crippen molar-refractivity contribution in [2.24, 2.45) is 20.0 Å². The maximum Gasteiger partial charge on any atom is 0.332 e. The number of nitrogens with zero attached hydrogens (tertiary/aromatic N) is 4. The third-order valence-corrected chi connectivity index (χ3v) is 5.77. The summed E-state index contributed by atoms with van der Waals surface area (Å²) in [6.07, 6.45) is 5.26. The number of hydrogen-bond donors (Lipinski definition) is 1. The molecule has 3 heterocycles. The van der Waals surface area contributed by atoms with Crippen molar-refractivity contribution in [3.8, 4) is 0 Å². The maximum absolute atomic E-state index is 12.6. The van der Waals surface area contributed by atoms with E-state index in [1.54, 1.807) is 7.05 Å². The number of anilines is 1. The molecule has 8 nitrogen and oxygen atoms in total. The van der Waals surface area contributed by atoms with Crippen LogP contribution in [0.2, 0.25) is 0 Å². The molecule has 1 aromatic heterocycles. The highest BCUT2D eigenvalue weighted by molar-refractivity contribution is 5.79. The Kier molecular flexibility index (Phi) is 6.36. The van der Waals surface area contributed by atoms with Crippen molar-refractivity contribution in [1.82, 2.24) is 19.4 Å². The van der Waals surface area contributed by atoms with Crippen LogP contribution >= 0.6 is 0 Å². The summed E-state index contributed by atoms with van der Waals surface area (Å²) in [7, 11) is 3.14. The van der Waals surface area contributed by atoms with Crippen molar-refractivity contribution in [3.05, 3.63) is 26.9 Å². The molecular formula is C19H31N5O3. The summed E-state index contributed by atoms with van der Waals surface area (Å²) in [5.41, 5.74) is -0.660. The Morgan fingerprint density at radius 1 is 1.11 bits per heavy atom. The Hall–Kier alpha value is -2.09. The lowest BCUT2D eigenvalue weighted by atomic mass is 9.97. The Morgan fingerprint density at radius 3 is 2.59 bits per heavy atom. The first-order chi connectivity index (χ1) is 13.0. The first-order valence-electron chi connectivity index (χ1n) is 9.99. The summed E-state index contributed by atoms with van der Waals surface area (Å²) < 4.78 is 2.58. The molecule has 2 aliphatic rings. The van der Waals surface area contributed by atoms with Gasteiger partial charge in [-0.25, -0.2) is 4.79 Å². The highest BCUT2D eigenvalue weighted by Crippen LogP contribution is 2.21. The lowest BCUT2D eigenvalue weighted by Crippen LogP contribution is -2.46. The maximum atomic E-state index is 12.6. The van der Waals surface area contributed by atoms with Gasteiger partial charge in [-0.15, -0.1) is 0 Å². The van der Waals surface area contributed by atoms with Gasteiger partial charge in [-0.2, -0.15) is 0 Å². The van der Waals surface area contributed by atoms with E-state index in [9.17, 15) is 14.4 Å². The van der Waals surface area contributed by atoms with Gasteiger partial charge in [0.05, 0.1) is 5.92 Å². The molecule has 0 bridgehead atoms. The fourth-order valence-corrected chi connectivity index (χ4v) is 4.09. The minimum absolute atomic E-state index is 0.0787. The molecule has 27 heavy (non-hydrogen) atoms. The van der Waals surface area contributed by atoms with Gasteiger partial charge in [0.25, 0.3) is 5.56 Å². The lowest BCUT2D eigenvalue weighted by Gasteiger charge is -2.34. The lowest BCUT2D eigenvalue weighted by molar-refractivity contribution is -0.125. The summed E-state index contributed by atoms with van der Waals surface area (Å²) in [6, 6.07) is 1.48. The van der Waals surface area contributed by atoms with Crippen LogP contribution in [0.1, 0.15) is 32.1 Å². The molecule has 1 aromatic rings. The second kappa shape index (κ2) is 8.73. The van der Waals surface area contributed by atoms with E-state index in [-0.39, 0.29) is 23.1 Å². The van der Waals surface area contributed by atoms with Crippen molar-refractivity contribution in [1.29, 1.82) is 0 Å². The van der Waals surface area contributed by atoms with E-state index in [2.05, 4.69) is 10.2 Å². The molecule has 2 fully saturated rings. The quantitative estimate of drug-likeness (QED) is 0.701. The van der Waals surface area contributed by atoms with Gasteiger partial charge in [-0.1, -0.05) is 0 Å². The van der Waals surface area contributed by atoms with Crippen molar-refractivity contribution in [3.63, 3.8) is 0 Å². The third-order valence-electron chi connectivity index (χ3n) is 5.77. The number of carbonyl (C=O) groups excluding carboxylic acids is 1. The molecule has 0 radical (unpaired) electrons. The number of rotatable bonds is 6. The molecule has 2 aliphatic heterocycles. The zero-order valence-electron chi connectivity index (χ0n) is 16.4. The van der Waals surface area contributed by atoms with E-state index in [1.165, 1.54) is 43.6 Å². The topological polar surface area (TPSA) is 79.6 Å². The van der Waals surface area contributed by atoms with Crippen molar-refractivity contribution >= 4 is 11.7 Å². The number of hydrogen-bond acceptors (Lipinski definition) is 5. The third kappa shape index (κ3) is 4.61. The van der Waals surface area contributed by atoms with Crippen LogP contribution in [0.4, 0.5) is 5.82 Å². The number of carbonyl (C=O) groups is 1. The molecule has 0 spiro atoms. The van der Waals surface area contributed by atoms with Gasteiger partial charge in [0.2, 0.25) is 5.91 Å². The van der Waals surface area contributed by atoms with Crippen LogP contribution in [-0.4, -0.2) is 59.2 Å². The molecule has 1 atom stereocenters. The van der Waals surface area contributed by atoms with E-state index in [0.717, 1.165) is 36.9 Å². The molecule has 8 heteroatoms. The Morgan fingerprint density at radius 2 is 1.85 bits per heavy atom. The Balaban J connectivity index is 1.55. The highest BCUT2D eigenvalue weighted by atomic mass is 16.2. The van der Waals surface area contributed by atoms with E-state index in [4.69, 9.17) is 0 Å². The number of amides is 1. The van der Waals surface area contributed by atoms with Crippen LogP contribution < -0.4 is 21.5 Å². The van der Waals surface area contributed by atoms with Gasteiger partial charge in [0.1, 0.15) is 5.82 Å². The molecule has 0 aromatic carbocycles. The summed E-state index contributed by atoms with van der Waals surface area (Å²) in [5, 5.41) is 3.07. The smallest absolute Gasteiger partial charge is 0.332 e. The second-order valence-electron chi connectivity index (χ2n) is 7.72. The fraction of sp³-hybridized carbons (Fsp3) is 0.737. The molecule has 0 saturated carbocycles. The number of likely N-dealkylation sites (tertiary alicyclic amines) is 1. The van der Waals surface area contributed by atoms with Crippen LogP contribution in [0.15, 0.2) is 15.7 Å². The summed E-state index contributed by atoms with van der Waals surface area (Å²) in [4.78, 5) is 41.2. The summed E-state index contributed by atoms with van der Waals surface area (Å²) in [5.74, 6) is 0.564. The molecule has 0 aliphatic carbocycles. The van der Waals surface area contributed by atoms with Crippen molar-refractivity contribution < 1.29 is 4.79 Å². The molecule has 0 unspecified atom stereocenters. The summed E-state index contributed by atoms with van der Waals surface area (Å²) >= 11 is 0. The van der Waals surface area contributed by atoms with Gasteiger partial charge < -0.3 is 15.1 Å². The van der Waals surface area contributed by atoms with Crippen molar-refractivity contribution in [2.45, 2.75) is 32.1 Å². The van der Waals surface area contributed by atoms with E-state index >= 15 is 0 Å². The monoisotopic (exact) mass is 377 g/mol. The molecule has 150 valence electrons. The normalized spacial score (nSPS) is 20.8. The van der Waals surface area contributed by atoms with Crippen LogP contribution in [-0.2, 0) is 18.9 Å². The minimum atomic E-state index is -0.342. The Labute approximate surface area is 159 Å². The van der Waals surface area contributed by atoms with E-state index < -0.39 is 0 Å². The standard InChI is InChI=1S/C19H31N5O3/c1-21-16(13-17(25)22(2)19(21)27)24-12-5-7-15(14-24)18(26)20-8-6-11-23-9-3-4-10-23/h13,15H,3-12,14H2,1-2H3,(H,20,26)/t15-/m1/s1. The zero-order valence-corrected chi connectivity index (χ0v) is 16.4. The van der Waals surface area contributed by atoms with Crippen LogP contribution in [0.5, 0.6) is 0 Å². The van der Waals surface area contributed by atoms with Crippen LogP contribution in [0.3, 0.4) is 0 Å². The molecular weight excluding hydrogens is 346 g/mol. The average Bonchev–Trinajstić information content (AvgIpc) is 3.20. The van der Waals surface area contributed by atoms with Gasteiger partial charge in [0.15, 0.2) is 0 Å². The second-order valence-corrected chi connectivity index (χ2v) is 7.72. The van der Waals surface area contributed by atoms with Crippen LogP contribution in [0.25, 0.3) is 0 Å². The van der Waals surface area contributed by atoms with Crippen molar-refractivity contribution in [2.75, 3.05) is 44.2 Å². The number of nitrogens with one attached hydrogen (secondary N) is 1. The SMILES string of the molecule is Cn1c(N2CCC[C@@H](C(=O)NCCCN3CCCC3)C2)cc(=O)n(C)c1=O. The van der Waals surface area contributed by atoms with Crippen LogP contribution in [0, 0.1) is 5.92 Å². The predicted octanol–water partition coefficient (Wildman–Crippen LogP) is -0.0975. The molecule has 3 rings (SSSR count). The van der Waals surface area contributed by atoms with E-state index in [0.29, 0.717) is 18.9 Å². The molecule has 2 saturated heterocycles. The first kappa shape index (κ1) is 19.7. The molecule has 1 N–H and O–H groups in total. The number of piperidine rings is 1. The average molecular weight is 377 g/mol. The summed E-state index contributed by atoms with van der Waals surface area (Å²) in [6.45, 7) is 5.40. The van der Waals surface area contributed by atoms with Gasteiger partial charge in [-0.05, 0) is 51.7 Å². The van der Waals surface area contributed by atoms with Gasteiger partial charge in [-0.3, -0.25) is 18.7 Å².